The van der Waals surface area contributed by atoms with E-state index >= 15 is 0 Å². The number of carbonyl (C=O) groups excluding carboxylic acids is 1. The van der Waals surface area contributed by atoms with E-state index in [1.165, 1.54) is 0 Å². The van der Waals surface area contributed by atoms with Gasteiger partial charge < -0.3 is 15.2 Å². The molecular weight excluding hydrogens is 326 g/mol. The summed E-state index contributed by atoms with van der Waals surface area (Å²) in [4.78, 5) is 11.9. The fourth-order valence-electron chi connectivity index (χ4n) is 2.22. The van der Waals surface area contributed by atoms with Crippen LogP contribution in [0, 0.1) is 13.8 Å². The molecule has 0 fully saturated rings. The van der Waals surface area contributed by atoms with Crippen LogP contribution in [0.4, 0.5) is 0 Å². The molecule has 0 radical (unpaired) electrons. The molecule has 2 aromatic rings. The normalized spacial score (nSPS) is 11.8. The molecule has 0 saturated heterocycles. The summed E-state index contributed by atoms with van der Waals surface area (Å²) in [5, 5.41) is 13.4. The number of benzene rings is 2. The van der Waals surface area contributed by atoms with Gasteiger partial charge in [-0.1, -0.05) is 35.9 Å². The SMILES string of the molecule is Cc1ccc(C)c(OCCC(=O)NCC(O)c2ccc(Cl)cc2)c1. The predicted molar refractivity (Wildman–Crippen MR) is 95.4 cm³/mol. The van der Waals surface area contributed by atoms with Crippen molar-refractivity contribution < 1.29 is 14.6 Å². The summed E-state index contributed by atoms with van der Waals surface area (Å²) in [6.07, 6.45) is -0.521. The Morgan fingerprint density at radius 2 is 1.92 bits per heavy atom. The summed E-state index contributed by atoms with van der Waals surface area (Å²) in [6.45, 7) is 4.42. The Morgan fingerprint density at radius 1 is 1.21 bits per heavy atom. The highest BCUT2D eigenvalue weighted by atomic mass is 35.5. The molecule has 1 amide bonds. The number of aryl methyl sites for hydroxylation is 2. The molecule has 0 aliphatic heterocycles. The molecule has 2 N–H and O–H groups in total. The number of carbonyl (C=O) groups is 1. The number of aliphatic hydroxyl groups excluding tert-OH is 1. The average molecular weight is 348 g/mol. The maximum Gasteiger partial charge on any atom is 0.223 e. The molecule has 128 valence electrons. The van der Waals surface area contributed by atoms with Gasteiger partial charge in [-0.15, -0.1) is 0 Å². The van der Waals surface area contributed by atoms with E-state index in [-0.39, 0.29) is 18.9 Å². The van der Waals surface area contributed by atoms with Crippen molar-refractivity contribution in [3.05, 3.63) is 64.2 Å². The van der Waals surface area contributed by atoms with Gasteiger partial charge in [-0.3, -0.25) is 4.79 Å². The van der Waals surface area contributed by atoms with Crippen LogP contribution in [0.1, 0.15) is 29.2 Å². The fraction of sp³-hybridized carbons (Fsp3) is 0.316. The number of ether oxygens (including phenoxy) is 1. The largest absolute Gasteiger partial charge is 0.493 e. The third kappa shape index (κ3) is 5.55. The molecule has 24 heavy (non-hydrogen) atoms. The number of halogens is 1. The standard InChI is InChI=1S/C19H22ClNO3/c1-13-3-4-14(2)18(11-13)24-10-9-19(23)21-12-17(22)15-5-7-16(20)8-6-15/h3-8,11,17,22H,9-10,12H2,1-2H3,(H,21,23). The minimum Gasteiger partial charge on any atom is -0.493 e. The Bertz CT molecular complexity index is 686. The van der Waals surface area contributed by atoms with E-state index in [4.69, 9.17) is 16.3 Å². The molecule has 1 unspecified atom stereocenters. The second-order valence-corrected chi connectivity index (χ2v) is 6.18. The molecule has 0 aliphatic rings. The van der Waals surface area contributed by atoms with Crippen molar-refractivity contribution >= 4 is 17.5 Å². The smallest absolute Gasteiger partial charge is 0.223 e. The maximum atomic E-state index is 11.9. The fourth-order valence-corrected chi connectivity index (χ4v) is 2.34. The second-order valence-electron chi connectivity index (χ2n) is 5.74. The van der Waals surface area contributed by atoms with Crippen LogP contribution in [0.2, 0.25) is 5.02 Å². The summed E-state index contributed by atoms with van der Waals surface area (Å²) in [7, 11) is 0. The van der Waals surface area contributed by atoms with Crippen LogP contribution in [-0.4, -0.2) is 24.2 Å². The highest BCUT2D eigenvalue weighted by Crippen LogP contribution is 2.19. The Morgan fingerprint density at radius 3 is 2.62 bits per heavy atom. The van der Waals surface area contributed by atoms with Gasteiger partial charge in [0.05, 0.1) is 19.1 Å². The van der Waals surface area contributed by atoms with Gasteiger partial charge in [-0.2, -0.15) is 0 Å². The van der Waals surface area contributed by atoms with Crippen LogP contribution < -0.4 is 10.1 Å². The molecule has 2 rings (SSSR count). The van der Waals surface area contributed by atoms with Gasteiger partial charge in [0.15, 0.2) is 0 Å². The molecule has 0 heterocycles. The lowest BCUT2D eigenvalue weighted by Gasteiger charge is -2.13. The van der Waals surface area contributed by atoms with Crippen molar-refractivity contribution in [2.75, 3.05) is 13.2 Å². The minimum absolute atomic E-state index is 0.157. The molecule has 0 aromatic heterocycles. The van der Waals surface area contributed by atoms with E-state index in [9.17, 15) is 9.90 Å². The van der Waals surface area contributed by atoms with Crippen molar-refractivity contribution in [3.63, 3.8) is 0 Å². The van der Waals surface area contributed by atoms with E-state index in [2.05, 4.69) is 5.32 Å². The second kappa shape index (κ2) is 8.71. The van der Waals surface area contributed by atoms with Crippen LogP contribution in [-0.2, 0) is 4.79 Å². The first-order chi connectivity index (χ1) is 11.5. The molecule has 5 heteroatoms. The van der Waals surface area contributed by atoms with Gasteiger partial charge in [0.25, 0.3) is 0 Å². The van der Waals surface area contributed by atoms with Crippen LogP contribution in [0.25, 0.3) is 0 Å². The number of rotatable bonds is 7. The van der Waals surface area contributed by atoms with E-state index in [1.54, 1.807) is 24.3 Å². The number of hydrogen-bond donors (Lipinski definition) is 2. The van der Waals surface area contributed by atoms with Crippen LogP contribution >= 0.6 is 11.6 Å². The van der Waals surface area contributed by atoms with Gasteiger partial charge in [0, 0.05) is 11.6 Å². The molecular formula is C19H22ClNO3. The quantitative estimate of drug-likeness (QED) is 0.805. The average Bonchev–Trinajstić information content (AvgIpc) is 2.56. The van der Waals surface area contributed by atoms with Gasteiger partial charge in [0.2, 0.25) is 5.91 Å². The summed E-state index contributed by atoms with van der Waals surface area (Å²) in [5.41, 5.74) is 2.87. The van der Waals surface area contributed by atoms with E-state index in [0.717, 1.165) is 16.9 Å². The molecule has 0 saturated carbocycles. The summed E-state index contributed by atoms with van der Waals surface area (Å²) < 4.78 is 5.65. The molecule has 0 spiro atoms. The van der Waals surface area contributed by atoms with Crippen LogP contribution in [0.15, 0.2) is 42.5 Å². The topological polar surface area (TPSA) is 58.6 Å². The van der Waals surface area contributed by atoms with Crippen molar-refractivity contribution in [3.8, 4) is 5.75 Å². The monoisotopic (exact) mass is 347 g/mol. The Hall–Kier alpha value is -2.04. The zero-order valence-corrected chi connectivity index (χ0v) is 14.6. The molecule has 1 atom stereocenters. The molecule has 4 nitrogen and oxygen atoms in total. The Kier molecular flexibility index (Phi) is 6.64. The van der Waals surface area contributed by atoms with Crippen molar-refractivity contribution in [1.82, 2.24) is 5.32 Å². The number of amides is 1. The molecule has 0 bridgehead atoms. The third-order valence-electron chi connectivity index (χ3n) is 3.68. The molecule has 0 aliphatic carbocycles. The Labute approximate surface area is 147 Å². The molecule has 2 aromatic carbocycles. The summed E-state index contributed by atoms with van der Waals surface area (Å²) >= 11 is 5.81. The highest BCUT2D eigenvalue weighted by molar-refractivity contribution is 6.30. The van der Waals surface area contributed by atoms with Crippen molar-refractivity contribution in [1.29, 1.82) is 0 Å². The van der Waals surface area contributed by atoms with Crippen molar-refractivity contribution in [2.24, 2.45) is 0 Å². The van der Waals surface area contributed by atoms with Gasteiger partial charge in [-0.05, 0) is 48.7 Å². The number of aliphatic hydroxyl groups is 1. The van der Waals surface area contributed by atoms with E-state index in [0.29, 0.717) is 17.2 Å². The first kappa shape index (κ1) is 18.3. The van der Waals surface area contributed by atoms with E-state index < -0.39 is 6.10 Å². The maximum absolute atomic E-state index is 11.9. The van der Waals surface area contributed by atoms with Crippen LogP contribution in [0.5, 0.6) is 5.75 Å². The van der Waals surface area contributed by atoms with Crippen LogP contribution in [0.3, 0.4) is 0 Å². The lowest BCUT2D eigenvalue weighted by atomic mass is 10.1. The van der Waals surface area contributed by atoms with Gasteiger partial charge in [0.1, 0.15) is 5.75 Å². The van der Waals surface area contributed by atoms with Gasteiger partial charge >= 0.3 is 0 Å². The minimum atomic E-state index is -0.758. The zero-order valence-electron chi connectivity index (χ0n) is 13.9. The lowest BCUT2D eigenvalue weighted by Crippen LogP contribution is -2.29. The van der Waals surface area contributed by atoms with Gasteiger partial charge in [-0.25, -0.2) is 0 Å². The number of nitrogens with one attached hydrogen (secondary N) is 1. The lowest BCUT2D eigenvalue weighted by molar-refractivity contribution is -0.122. The zero-order chi connectivity index (χ0) is 17.5. The third-order valence-corrected chi connectivity index (χ3v) is 3.93. The highest BCUT2D eigenvalue weighted by Gasteiger charge is 2.10. The predicted octanol–water partition coefficient (Wildman–Crippen LogP) is 3.58. The van der Waals surface area contributed by atoms with Crippen molar-refractivity contribution in [2.45, 2.75) is 26.4 Å². The van der Waals surface area contributed by atoms with E-state index in [1.807, 2.05) is 32.0 Å². The first-order valence-corrected chi connectivity index (χ1v) is 8.24. The number of hydrogen-bond acceptors (Lipinski definition) is 3. The first-order valence-electron chi connectivity index (χ1n) is 7.86. The Balaban J connectivity index is 1.73. The summed E-state index contributed by atoms with van der Waals surface area (Å²) in [6, 6.07) is 12.9. The summed E-state index contributed by atoms with van der Waals surface area (Å²) in [5.74, 6) is 0.636.